The van der Waals surface area contributed by atoms with Crippen molar-refractivity contribution in [3.05, 3.63) is 29.3 Å². The molecule has 0 bridgehead atoms. The topological polar surface area (TPSA) is 81.8 Å². The van der Waals surface area contributed by atoms with Crippen LogP contribution in [0.5, 0.6) is 0 Å². The van der Waals surface area contributed by atoms with Crippen molar-refractivity contribution >= 4 is 23.4 Å². The molecule has 0 saturated carbocycles. The zero-order valence-corrected chi connectivity index (χ0v) is 19.6. The lowest BCUT2D eigenvalue weighted by molar-refractivity contribution is -0.127. The van der Waals surface area contributed by atoms with Crippen molar-refractivity contribution in [2.24, 2.45) is 5.92 Å². The summed E-state index contributed by atoms with van der Waals surface area (Å²) in [6, 6.07) is 5.63. The third-order valence-corrected chi connectivity index (χ3v) is 6.28. The molecular formula is C25H38N4O3. The zero-order valence-electron chi connectivity index (χ0n) is 19.6. The van der Waals surface area contributed by atoms with Crippen molar-refractivity contribution in [2.45, 2.75) is 65.3 Å². The van der Waals surface area contributed by atoms with Crippen LogP contribution >= 0.6 is 0 Å². The number of carbonyl (C=O) groups is 3. The van der Waals surface area contributed by atoms with Crippen molar-refractivity contribution in [2.75, 3.05) is 37.6 Å². The number of benzene rings is 1. The van der Waals surface area contributed by atoms with Crippen LogP contribution in [0.15, 0.2) is 18.2 Å². The molecule has 0 spiro atoms. The predicted molar refractivity (Wildman–Crippen MR) is 127 cm³/mol. The Balaban J connectivity index is 1.75. The number of hydrogen-bond acceptors (Lipinski definition) is 4. The van der Waals surface area contributed by atoms with E-state index < -0.39 is 0 Å². The molecule has 2 N–H and O–H groups in total. The summed E-state index contributed by atoms with van der Waals surface area (Å²) in [5.74, 6) is 0.0584. The fraction of sp³-hybridized carbons (Fsp3) is 0.640. The van der Waals surface area contributed by atoms with E-state index >= 15 is 0 Å². The van der Waals surface area contributed by atoms with Crippen LogP contribution < -0.4 is 15.5 Å². The number of amides is 3. The molecule has 1 fully saturated rings. The van der Waals surface area contributed by atoms with Crippen LogP contribution in [0.3, 0.4) is 0 Å². The molecule has 1 saturated heterocycles. The number of fused-ring (bicyclic) bond motifs is 1. The predicted octanol–water partition coefficient (Wildman–Crippen LogP) is 3.08. The molecule has 32 heavy (non-hydrogen) atoms. The highest BCUT2D eigenvalue weighted by atomic mass is 16.2. The monoisotopic (exact) mass is 442 g/mol. The average molecular weight is 443 g/mol. The first kappa shape index (κ1) is 24.2. The number of anilines is 1. The summed E-state index contributed by atoms with van der Waals surface area (Å²) in [4.78, 5) is 41.2. The first-order valence-electron chi connectivity index (χ1n) is 12.2. The lowest BCUT2D eigenvalue weighted by atomic mass is 10.0. The molecule has 1 aromatic carbocycles. The van der Waals surface area contributed by atoms with Crippen LogP contribution in [0.2, 0.25) is 0 Å². The van der Waals surface area contributed by atoms with Gasteiger partial charge in [0.25, 0.3) is 5.91 Å². The van der Waals surface area contributed by atoms with Gasteiger partial charge in [-0.15, -0.1) is 0 Å². The largest absolute Gasteiger partial charge is 0.350 e. The van der Waals surface area contributed by atoms with Crippen LogP contribution in [0, 0.1) is 5.92 Å². The molecule has 3 amide bonds. The quantitative estimate of drug-likeness (QED) is 0.734. The van der Waals surface area contributed by atoms with Gasteiger partial charge in [0.2, 0.25) is 11.8 Å². The van der Waals surface area contributed by atoms with Gasteiger partial charge in [0, 0.05) is 56.3 Å². The first-order chi connectivity index (χ1) is 15.5. The van der Waals surface area contributed by atoms with Gasteiger partial charge in [-0.2, -0.15) is 0 Å². The smallest absolute Gasteiger partial charge is 0.251 e. The molecule has 2 heterocycles. The van der Waals surface area contributed by atoms with Gasteiger partial charge in [-0.1, -0.05) is 33.1 Å². The molecule has 2 aliphatic rings. The van der Waals surface area contributed by atoms with Crippen LogP contribution in [0.4, 0.5) is 5.69 Å². The second-order valence-electron chi connectivity index (χ2n) is 9.17. The summed E-state index contributed by atoms with van der Waals surface area (Å²) in [6.45, 7) is 7.90. The van der Waals surface area contributed by atoms with Crippen molar-refractivity contribution in [1.29, 1.82) is 0 Å². The highest BCUT2D eigenvalue weighted by Gasteiger charge is 2.23. The Labute approximate surface area is 191 Å². The SMILES string of the molecule is CC(C)C(=O)N1CCCCCCCNCc2cc(C(=O)NCCN3CCCC3=O)ccc21. The normalized spacial score (nSPS) is 18.2. The van der Waals surface area contributed by atoms with Gasteiger partial charge >= 0.3 is 0 Å². The van der Waals surface area contributed by atoms with Crippen molar-refractivity contribution in [1.82, 2.24) is 15.5 Å². The number of hydrogen-bond donors (Lipinski definition) is 2. The van der Waals surface area contributed by atoms with E-state index in [2.05, 4.69) is 10.6 Å². The second kappa shape index (κ2) is 12.0. The van der Waals surface area contributed by atoms with E-state index in [1.807, 2.05) is 36.9 Å². The minimum atomic E-state index is -0.146. The van der Waals surface area contributed by atoms with E-state index in [0.29, 0.717) is 38.2 Å². The van der Waals surface area contributed by atoms with Crippen LogP contribution in [0.25, 0.3) is 0 Å². The summed E-state index contributed by atoms with van der Waals surface area (Å²) < 4.78 is 0. The molecule has 3 rings (SSSR count). The summed E-state index contributed by atoms with van der Waals surface area (Å²) in [7, 11) is 0. The van der Waals surface area contributed by atoms with Gasteiger partial charge in [-0.25, -0.2) is 0 Å². The highest BCUT2D eigenvalue weighted by molar-refractivity contribution is 5.98. The summed E-state index contributed by atoms with van der Waals surface area (Å²) in [6.07, 6.45) is 7.15. The second-order valence-corrected chi connectivity index (χ2v) is 9.17. The summed E-state index contributed by atoms with van der Waals surface area (Å²) in [5.41, 5.74) is 2.46. The fourth-order valence-electron chi connectivity index (χ4n) is 4.41. The number of nitrogens with one attached hydrogen (secondary N) is 2. The molecule has 0 unspecified atom stereocenters. The Bertz CT molecular complexity index is 808. The summed E-state index contributed by atoms with van der Waals surface area (Å²) >= 11 is 0. The highest BCUT2D eigenvalue weighted by Crippen LogP contribution is 2.25. The standard InChI is InChI=1S/C25H38N4O3/c1-19(2)25(32)29-15-7-5-3-4-6-12-26-18-21-17-20(10-11-22(21)29)24(31)27-13-16-28-14-8-9-23(28)30/h10-11,17,19,26H,3-9,12-16,18H2,1-2H3,(H,27,31). The first-order valence-corrected chi connectivity index (χ1v) is 12.2. The third kappa shape index (κ3) is 6.55. The minimum Gasteiger partial charge on any atom is -0.350 e. The molecule has 0 aliphatic carbocycles. The molecule has 7 nitrogen and oxygen atoms in total. The molecular weight excluding hydrogens is 404 g/mol. The Hall–Kier alpha value is -2.41. The molecule has 7 heteroatoms. The van der Waals surface area contributed by atoms with Gasteiger partial charge in [-0.05, 0) is 49.6 Å². The molecule has 0 aromatic heterocycles. The van der Waals surface area contributed by atoms with Crippen molar-refractivity contribution < 1.29 is 14.4 Å². The van der Waals surface area contributed by atoms with Gasteiger partial charge in [-0.3, -0.25) is 14.4 Å². The Morgan fingerprint density at radius 2 is 1.84 bits per heavy atom. The van der Waals surface area contributed by atoms with Crippen LogP contribution in [-0.2, 0) is 16.1 Å². The zero-order chi connectivity index (χ0) is 22.9. The molecule has 2 aliphatic heterocycles. The van der Waals surface area contributed by atoms with E-state index in [1.165, 1.54) is 12.8 Å². The summed E-state index contributed by atoms with van der Waals surface area (Å²) in [5, 5.41) is 6.43. The van der Waals surface area contributed by atoms with E-state index in [0.717, 1.165) is 50.0 Å². The lowest BCUT2D eigenvalue weighted by Gasteiger charge is -2.28. The molecule has 0 atom stereocenters. The lowest BCUT2D eigenvalue weighted by Crippen LogP contribution is -2.37. The van der Waals surface area contributed by atoms with Gasteiger partial charge in [0.15, 0.2) is 0 Å². The average Bonchev–Trinajstić information content (AvgIpc) is 3.18. The Morgan fingerprint density at radius 3 is 2.59 bits per heavy atom. The van der Waals surface area contributed by atoms with Gasteiger partial charge in [0.1, 0.15) is 0 Å². The van der Waals surface area contributed by atoms with Crippen LogP contribution in [0.1, 0.15) is 74.7 Å². The van der Waals surface area contributed by atoms with E-state index in [-0.39, 0.29) is 23.6 Å². The Morgan fingerprint density at radius 1 is 1.06 bits per heavy atom. The number of likely N-dealkylation sites (tertiary alicyclic amines) is 1. The minimum absolute atomic E-state index is 0.0833. The van der Waals surface area contributed by atoms with E-state index in [9.17, 15) is 14.4 Å². The molecule has 0 radical (unpaired) electrons. The maximum atomic E-state index is 13.0. The third-order valence-electron chi connectivity index (χ3n) is 6.28. The van der Waals surface area contributed by atoms with Crippen molar-refractivity contribution in [3.8, 4) is 0 Å². The number of carbonyl (C=O) groups excluding carboxylic acids is 3. The molecule has 1 aromatic rings. The Kier molecular flexibility index (Phi) is 9.09. The number of nitrogens with zero attached hydrogens (tertiary/aromatic N) is 2. The van der Waals surface area contributed by atoms with Crippen molar-refractivity contribution in [3.63, 3.8) is 0 Å². The molecule has 176 valence electrons. The maximum absolute atomic E-state index is 13.0. The van der Waals surface area contributed by atoms with Gasteiger partial charge in [0.05, 0.1) is 0 Å². The van der Waals surface area contributed by atoms with Gasteiger partial charge < -0.3 is 20.4 Å². The van der Waals surface area contributed by atoms with E-state index in [4.69, 9.17) is 0 Å². The fourth-order valence-corrected chi connectivity index (χ4v) is 4.41. The maximum Gasteiger partial charge on any atom is 0.251 e. The van der Waals surface area contributed by atoms with E-state index in [1.54, 1.807) is 4.90 Å². The number of rotatable bonds is 5. The van der Waals surface area contributed by atoms with Crippen LogP contribution in [-0.4, -0.2) is 55.3 Å².